The average molecular weight is 436 g/mol. The van der Waals surface area contributed by atoms with Gasteiger partial charge in [-0.15, -0.1) is 0 Å². The van der Waals surface area contributed by atoms with Crippen LogP contribution in [-0.4, -0.2) is 30.7 Å². The Morgan fingerprint density at radius 3 is 2.32 bits per heavy atom. The minimum atomic E-state index is -0.512. The van der Waals surface area contributed by atoms with Crippen LogP contribution < -0.4 is 15.0 Å². The number of benzene rings is 2. The molecule has 6 nitrogen and oxygen atoms in total. The molecule has 0 radical (unpaired) electrons. The standard InChI is InChI=1S/C24H25N3O3S/c1-4-16-6-8-17(9-7-16)14-21-23(29)27(18-10-12-19(13-11-18)30-5-2)24(31-21)20(15-25)22(28)26-3/h6-13,21H,4-5,14H2,1-3H3,(H,26,28)/b24-20-. The summed E-state index contributed by atoms with van der Waals surface area (Å²) in [6.45, 7) is 4.53. The molecule has 1 aliphatic rings. The molecule has 0 spiro atoms. The first kappa shape index (κ1) is 22.4. The van der Waals surface area contributed by atoms with Gasteiger partial charge in [0.1, 0.15) is 22.4 Å². The average Bonchev–Trinajstić information content (AvgIpc) is 3.11. The highest BCUT2D eigenvalue weighted by atomic mass is 32.2. The molecule has 2 amide bonds. The maximum atomic E-state index is 13.4. The third-order valence-corrected chi connectivity index (χ3v) is 6.25. The summed E-state index contributed by atoms with van der Waals surface area (Å²) >= 11 is 1.26. The van der Waals surface area contributed by atoms with Gasteiger partial charge in [-0.3, -0.25) is 14.5 Å². The Labute approximate surface area is 186 Å². The Hall–Kier alpha value is -3.24. The highest BCUT2D eigenvalue weighted by Gasteiger charge is 2.40. The van der Waals surface area contributed by atoms with E-state index in [4.69, 9.17) is 4.74 Å². The van der Waals surface area contributed by atoms with E-state index in [9.17, 15) is 14.9 Å². The highest BCUT2D eigenvalue weighted by Crippen LogP contribution is 2.42. The van der Waals surface area contributed by atoms with E-state index >= 15 is 0 Å². The van der Waals surface area contributed by atoms with Gasteiger partial charge in [0.15, 0.2) is 0 Å². The third-order valence-electron chi connectivity index (χ3n) is 4.99. The molecule has 1 heterocycles. The van der Waals surface area contributed by atoms with Crippen molar-refractivity contribution in [1.29, 1.82) is 5.26 Å². The van der Waals surface area contributed by atoms with Crippen LogP contribution in [0.1, 0.15) is 25.0 Å². The normalized spacial score (nSPS) is 17.3. The Morgan fingerprint density at radius 2 is 1.77 bits per heavy atom. The highest BCUT2D eigenvalue weighted by molar-refractivity contribution is 8.05. The molecule has 1 aliphatic heterocycles. The molecule has 1 atom stereocenters. The lowest BCUT2D eigenvalue weighted by molar-refractivity contribution is -0.117. The number of ether oxygens (including phenoxy) is 1. The molecule has 1 N–H and O–H groups in total. The van der Waals surface area contributed by atoms with Gasteiger partial charge < -0.3 is 10.1 Å². The molecule has 0 saturated carbocycles. The summed E-state index contributed by atoms with van der Waals surface area (Å²) < 4.78 is 5.48. The van der Waals surface area contributed by atoms with Crippen molar-refractivity contribution in [2.24, 2.45) is 0 Å². The van der Waals surface area contributed by atoms with E-state index in [0.29, 0.717) is 29.5 Å². The van der Waals surface area contributed by atoms with E-state index in [1.165, 1.54) is 29.3 Å². The van der Waals surface area contributed by atoms with Gasteiger partial charge in [-0.05, 0) is 55.2 Å². The predicted octanol–water partition coefficient (Wildman–Crippen LogP) is 3.82. The van der Waals surface area contributed by atoms with Gasteiger partial charge in [-0.2, -0.15) is 5.26 Å². The predicted molar refractivity (Wildman–Crippen MR) is 123 cm³/mol. The van der Waals surface area contributed by atoms with Gasteiger partial charge >= 0.3 is 0 Å². The molecule has 31 heavy (non-hydrogen) atoms. The van der Waals surface area contributed by atoms with Gasteiger partial charge in [0.2, 0.25) is 5.91 Å². The fraction of sp³-hybridized carbons (Fsp3) is 0.292. The molecule has 0 bridgehead atoms. The molecule has 1 saturated heterocycles. The van der Waals surface area contributed by atoms with E-state index in [1.54, 1.807) is 24.3 Å². The monoisotopic (exact) mass is 435 g/mol. The van der Waals surface area contributed by atoms with Gasteiger partial charge in [-0.1, -0.05) is 43.0 Å². The van der Waals surface area contributed by atoms with Gasteiger partial charge in [0.05, 0.1) is 11.9 Å². The van der Waals surface area contributed by atoms with Crippen molar-refractivity contribution in [1.82, 2.24) is 5.32 Å². The first-order valence-corrected chi connectivity index (χ1v) is 11.1. The number of nitrogens with one attached hydrogen (secondary N) is 1. The number of anilines is 1. The van der Waals surface area contributed by atoms with Crippen molar-refractivity contribution >= 4 is 29.3 Å². The molecular weight excluding hydrogens is 410 g/mol. The first-order valence-electron chi connectivity index (χ1n) is 10.2. The van der Waals surface area contributed by atoms with Crippen molar-refractivity contribution in [3.8, 4) is 11.8 Å². The molecule has 0 aliphatic carbocycles. The van der Waals surface area contributed by atoms with Crippen molar-refractivity contribution in [3.63, 3.8) is 0 Å². The number of nitriles is 1. The Morgan fingerprint density at radius 1 is 1.13 bits per heavy atom. The molecule has 7 heteroatoms. The molecule has 2 aromatic carbocycles. The van der Waals surface area contributed by atoms with Crippen molar-refractivity contribution in [3.05, 3.63) is 70.3 Å². The van der Waals surface area contributed by atoms with Crippen LogP contribution in [0, 0.1) is 11.3 Å². The Bertz CT molecular complexity index is 1020. The van der Waals surface area contributed by atoms with Crippen LogP contribution in [-0.2, 0) is 22.4 Å². The fourth-order valence-electron chi connectivity index (χ4n) is 3.33. The summed E-state index contributed by atoms with van der Waals surface area (Å²) in [4.78, 5) is 27.2. The number of likely N-dealkylation sites (N-methyl/N-ethyl adjacent to an activating group) is 1. The lowest BCUT2D eigenvalue weighted by atomic mass is 10.1. The number of carbonyl (C=O) groups is 2. The maximum Gasteiger partial charge on any atom is 0.264 e. The number of aryl methyl sites for hydroxylation is 1. The number of nitrogens with zero attached hydrogens (tertiary/aromatic N) is 2. The van der Waals surface area contributed by atoms with Crippen molar-refractivity contribution in [2.75, 3.05) is 18.6 Å². The lowest BCUT2D eigenvalue weighted by Gasteiger charge is -2.19. The second-order valence-electron chi connectivity index (χ2n) is 6.95. The summed E-state index contributed by atoms with van der Waals surface area (Å²) in [5, 5.41) is 12.1. The number of amides is 2. The van der Waals surface area contributed by atoms with E-state index in [2.05, 4.69) is 24.4 Å². The summed E-state index contributed by atoms with van der Waals surface area (Å²) in [5.41, 5.74) is 2.79. The molecule has 1 unspecified atom stereocenters. The van der Waals surface area contributed by atoms with Crippen LogP contribution in [0.3, 0.4) is 0 Å². The lowest BCUT2D eigenvalue weighted by Crippen LogP contribution is -2.31. The quantitative estimate of drug-likeness (QED) is 0.528. The minimum Gasteiger partial charge on any atom is -0.494 e. The van der Waals surface area contributed by atoms with Gasteiger partial charge in [0.25, 0.3) is 5.91 Å². The minimum absolute atomic E-state index is 0.0708. The third kappa shape index (κ3) is 4.92. The number of thioether (sulfide) groups is 1. The summed E-state index contributed by atoms with van der Waals surface area (Å²) in [6, 6.07) is 17.2. The Kier molecular flexibility index (Phi) is 7.37. The van der Waals surface area contributed by atoms with Crippen LogP contribution in [0.2, 0.25) is 0 Å². The van der Waals surface area contributed by atoms with Gasteiger partial charge in [-0.25, -0.2) is 0 Å². The molecule has 3 rings (SSSR count). The summed E-state index contributed by atoms with van der Waals surface area (Å²) in [6.07, 6.45) is 1.46. The number of carbonyl (C=O) groups excluding carboxylic acids is 2. The number of rotatable bonds is 7. The van der Waals surface area contributed by atoms with E-state index in [1.807, 2.05) is 25.1 Å². The first-order chi connectivity index (χ1) is 15.0. The molecule has 2 aromatic rings. The van der Waals surface area contributed by atoms with E-state index < -0.39 is 11.2 Å². The van der Waals surface area contributed by atoms with Crippen molar-refractivity contribution in [2.45, 2.75) is 31.9 Å². The largest absolute Gasteiger partial charge is 0.494 e. The summed E-state index contributed by atoms with van der Waals surface area (Å²) in [7, 11) is 1.47. The number of hydrogen-bond donors (Lipinski definition) is 1. The molecular formula is C24H25N3O3S. The van der Waals surface area contributed by atoms with Gasteiger partial charge in [0, 0.05) is 12.7 Å². The molecule has 1 fully saturated rings. The molecule has 160 valence electrons. The summed E-state index contributed by atoms with van der Waals surface area (Å²) in [5.74, 6) is 0.0255. The van der Waals surface area contributed by atoms with E-state index in [-0.39, 0.29) is 11.5 Å². The zero-order valence-electron chi connectivity index (χ0n) is 17.8. The maximum absolute atomic E-state index is 13.4. The number of hydrogen-bond acceptors (Lipinski definition) is 5. The van der Waals surface area contributed by atoms with Crippen LogP contribution in [0.25, 0.3) is 0 Å². The molecule has 0 aromatic heterocycles. The van der Waals surface area contributed by atoms with Crippen LogP contribution in [0.4, 0.5) is 5.69 Å². The van der Waals surface area contributed by atoms with Crippen LogP contribution in [0.15, 0.2) is 59.1 Å². The zero-order valence-corrected chi connectivity index (χ0v) is 18.7. The SMILES string of the molecule is CCOc1ccc(N2C(=O)C(Cc3ccc(CC)cc3)S/C2=C(/C#N)C(=O)NC)cc1. The van der Waals surface area contributed by atoms with Crippen molar-refractivity contribution < 1.29 is 14.3 Å². The van der Waals surface area contributed by atoms with Crippen LogP contribution >= 0.6 is 11.8 Å². The Balaban J connectivity index is 1.98. The van der Waals surface area contributed by atoms with Crippen LogP contribution in [0.5, 0.6) is 5.75 Å². The topological polar surface area (TPSA) is 82.4 Å². The fourth-order valence-corrected chi connectivity index (χ4v) is 4.64. The zero-order chi connectivity index (χ0) is 22.4. The smallest absolute Gasteiger partial charge is 0.264 e. The second kappa shape index (κ2) is 10.2. The second-order valence-corrected chi connectivity index (χ2v) is 8.14. The van der Waals surface area contributed by atoms with E-state index in [0.717, 1.165) is 12.0 Å².